The minimum absolute atomic E-state index is 0.129. The number of nitrogens with zero attached hydrogens (tertiary/aromatic N) is 3. The van der Waals surface area contributed by atoms with Gasteiger partial charge in [0, 0.05) is 55.4 Å². The van der Waals surface area contributed by atoms with Crippen molar-refractivity contribution >= 4 is 40.4 Å². The first kappa shape index (κ1) is 25.2. The first-order chi connectivity index (χ1) is 18.4. The van der Waals surface area contributed by atoms with Crippen LogP contribution in [0, 0.1) is 0 Å². The number of carbonyl (C=O) groups excluding carboxylic acids is 3. The highest BCUT2D eigenvalue weighted by Gasteiger charge is 2.29. The summed E-state index contributed by atoms with van der Waals surface area (Å²) < 4.78 is 4.81. The van der Waals surface area contributed by atoms with Crippen molar-refractivity contribution in [3.63, 3.8) is 0 Å². The number of nitrogens with one attached hydrogen (secondary N) is 2. The SMILES string of the molecule is COC(=O)c1ccc2c(c1)NC(=O)/C2=C(\Nc1ccc(CC(=O)N2CCN(C)CC2)cc1)c1ccncc1. The van der Waals surface area contributed by atoms with Crippen molar-refractivity contribution in [1.82, 2.24) is 14.8 Å². The molecule has 5 rings (SSSR count). The van der Waals surface area contributed by atoms with Gasteiger partial charge < -0.3 is 25.2 Å². The summed E-state index contributed by atoms with van der Waals surface area (Å²) in [7, 11) is 3.38. The van der Waals surface area contributed by atoms with Crippen LogP contribution in [-0.2, 0) is 20.7 Å². The molecule has 2 amide bonds. The van der Waals surface area contributed by atoms with Gasteiger partial charge in [-0.3, -0.25) is 14.6 Å². The van der Waals surface area contributed by atoms with Crippen molar-refractivity contribution in [2.75, 3.05) is 51.0 Å². The molecule has 1 fully saturated rings. The number of aromatic nitrogens is 1. The number of esters is 1. The molecule has 9 heteroatoms. The van der Waals surface area contributed by atoms with Gasteiger partial charge in [-0.2, -0.15) is 0 Å². The second-order valence-electron chi connectivity index (χ2n) is 9.37. The number of hydrogen-bond donors (Lipinski definition) is 2. The Kier molecular flexibility index (Phi) is 7.19. The Balaban J connectivity index is 1.42. The standard InChI is InChI=1S/C29H29N5O4/c1-33-13-15-34(16-14-33)25(35)17-19-3-6-22(7-4-19)31-27(20-9-11-30-12-10-20)26-23-8-5-21(29(37)38-2)18-24(23)32-28(26)36/h3-12,18,31H,13-17H2,1-2H3,(H,32,36)/b27-26-. The first-order valence-electron chi connectivity index (χ1n) is 12.4. The summed E-state index contributed by atoms with van der Waals surface area (Å²) in [6, 6.07) is 16.3. The van der Waals surface area contributed by atoms with Crippen molar-refractivity contribution < 1.29 is 19.1 Å². The zero-order chi connectivity index (χ0) is 26.6. The van der Waals surface area contributed by atoms with Crippen molar-refractivity contribution in [3.05, 3.63) is 89.2 Å². The molecule has 38 heavy (non-hydrogen) atoms. The molecule has 1 aromatic heterocycles. The Morgan fingerprint density at radius 3 is 2.37 bits per heavy atom. The van der Waals surface area contributed by atoms with Gasteiger partial charge in [0.1, 0.15) is 0 Å². The Hall–Kier alpha value is -4.50. The van der Waals surface area contributed by atoms with E-state index in [9.17, 15) is 14.4 Å². The average Bonchev–Trinajstić information content (AvgIpc) is 3.27. The van der Waals surface area contributed by atoms with Gasteiger partial charge in [-0.15, -0.1) is 0 Å². The van der Waals surface area contributed by atoms with E-state index in [0.717, 1.165) is 43.0 Å². The minimum atomic E-state index is -0.474. The van der Waals surface area contributed by atoms with Gasteiger partial charge >= 0.3 is 5.97 Å². The number of fused-ring (bicyclic) bond motifs is 1. The molecule has 2 aliphatic heterocycles. The fraction of sp³-hybridized carbons (Fsp3) is 0.241. The predicted octanol–water partition coefficient (Wildman–Crippen LogP) is 3.12. The molecule has 2 aliphatic rings. The summed E-state index contributed by atoms with van der Waals surface area (Å²) in [6.07, 6.45) is 3.68. The topological polar surface area (TPSA) is 104 Å². The summed E-state index contributed by atoms with van der Waals surface area (Å²) in [4.78, 5) is 46.1. The molecule has 194 valence electrons. The molecule has 0 atom stereocenters. The summed E-state index contributed by atoms with van der Waals surface area (Å²) in [5.74, 6) is -0.627. The van der Waals surface area contributed by atoms with Crippen LogP contribution in [-0.4, -0.2) is 72.9 Å². The Bertz CT molecular complexity index is 1390. The van der Waals surface area contributed by atoms with E-state index >= 15 is 0 Å². The van der Waals surface area contributed by atoms with Gasteiger partial charge in [0.2, 0.25) is 5.91 Å². The normalized spacial score (nSPS) is 16.5. The van der Waals surface area contributed by atoms with E-state index in [1.165, 1.54) is 7.11 Å². The maximum Gasteiger partial charge on any atom is 0.337 e. The Morgan fingerprint density at radius 2 is 1.68 bits per heavy atom. The fourth-order valence-electron chi connectivity index (χ4n) is 4.66. The van der Waals surface area contributed by atoms with E-state index < -0.39 is 5.97 Å². The fourth-order valence-corrected chi connectivity index (χ4v) is 4.66. The molecule has 3 heterocycles. The molecule has 0 aliphatic carbocycles. The molecule has 9 nitrogen and oxygen atoms in total. The molecule has 1 saturated heterocycles. The number of rotatable bonds is 6. The van der Waals surface area contributed by atoms with Gasteiger partial charge in [0.05, 0.1) is 36.1 Å². The van der Waals surface area contributed by atoms with E-state index in [0.29, 0.717) is 34.5 Å². The van der Waals surface area contributed by atoms with Gasteiger partial charge in [0.25, 0.3) is 5.91 Å². The van der Waals surface area contributed by atoms with E-state index in [4.69, 9.17) is 4.74 Å². The third kappa shape index (κ3) is 5.28. The second-order valence-corrected chi connectivity index (χ2v) is 9.37. The van der Waals surface area contributed by atoms with Crippen molar-refractivity contribution in [2.45, 2.75) is 6.42 Å². The van der Waals surface area contributed by atoms with Gasteiger partial charge in [-0.25, -0.2) is 4.79 Å². The predicted molar refractivity (Wildman–Crippen MR) is 145 cm³/mol. The summed E-state index contributed by atoms with van der Waals surface area (Å²) in [6.45, 7) is 3.29. The third-order valence-corrected chi connectivity index (χ3v) is 6.84. The lowest BCUT2D eigenvalue weighted by Gasteiger charge is -2.32. The van der Waals surface area contributed by atoms with E-state index in [1.54, 1.807) is 30.6 Å². The number of piperazine rings is 1. The number of ether oxygens (including phenoxy) is 1. The lowest BCUT2D eigenvalue weighted by Crippen LogP contribution is -2.47. The molecule has 2 aromatic carbocycles. The molecule has 2 N–H and O–H groups in total. The monoisotopic (exact) mass is 511 g/mol. The van der Waals surface area contributed by atoms with Crippen molar-refractivity contribution in [2.24, 2.45) is 0 Å². The third-order valence-electron chi connectivity index (χ3n) is 6.84. The van der Waals surface area contributed by atoms with Crippen LogP contribution in [0.25, 0.3) is 11.3 Å². The molecule has 0 spiro atoms. The lowest BCUT2D eigenvalue weighted by molar-refractivity contribution is -0.132. The maximum absolute atomic E-state index is 13.1. The lowest BCUT2D eigenvalue weighted by atomic mass is 9.99. The number of anilines is 2. The highest BCUT2D eigenvalue weighted by atomic mass is 16.5. The number of benzene rings is 2. The van der Waals surface area contributed by atoms with E-state index in [2.05, 4.69) is 27.6 Å². The number of pyridine rings is 1. The number of hydrogen-bond acceptors (Lipinski definition) is 7. The maximum atomic E-state index is 13.1. The van der Waals surface area contributed by atoms with Gasteiger partial charge in [0.15, 0.2) is 0 Å². The van der Waals surface area contributed by atoms with Crippen molar-refractivity contribution in [1.29, 1.82) is 0 Å². The van der Waals surface area contributed by atoms with Crippen LogP contribution in [0.15, 0.2) is 67.0 Å². The number of likely N-dealkylation sites (N-methyl/N-ethyl adjacent to an activating group) is 1. The highest BCUT2D eigenvalue weighted by molar-refractivity contribution is 6.37. The molecular weight excluding hydrogens is 482 g/mol. The average molecular weight is 512 g/mol. The summed E-state index contributed by atoms with van der Waals surface area (Å²) >= 11 is 0. The molecular formula is C29H29N5O4. The summed E-state index contributed by atoms with van der Waals surface area (Å²) in [5, 5.41) is 6.27. The van der Waals surface area contributed by atoms with Gasteiger partial charge in [-0.1, -0.05) is 18.2 Å². The van der Waals surface area contributed by atoms with Crippen LogP contribution in [0.1, 0.15) is 27.0 Å². The van der Waals surface area contributed by atoms with Crippen LogP contribution in [0.4, 0.5) is 11.4 Å². The number of methoxy groups -OCH3 is 1. The molecule has 0 bridgehead atoms. The molecule has 3 aromatic rings. The van der Waals surface area contributed by atoms with Crippen LogP contribution < -0.4 is 10.6 Å². The van der Waals surface area contributed by atoms with Crippen LogP contribution in [0.3, 0.4) is 0 Å². The molecule has 0 radical (unpaired) electrons. The molecule has 0 unspecified atom stereocenters. The van der Waals surface area contributed by atoms with Crippen LogP contribution >= 0.6 is 0 Å². The Labute approximate surface area is 221 Å². The largest absolute Gasteiger partial charge is 0.465 e. The zero-order valence-corrected chi connectivity index (χ0v) is 21.4. The van der Waals surface area contributed by atoms with E-state index in [-0.39, 0.29) is 11.8 Å². The minimum Gasteiger partial charge on any atom is -0.465 e. The number of carbonyl (C=O) groups is 3. The zero-order valence-electron chi connectivity index (χ0n) is 21.4. The number of amides is 2. The smallest absolute Gasteiger partial charge is 0.337 e. The van der Waals surface area contributed by atoms with Crippen molar-refractivity contribution in [3.8, 4) is 0 Å². The van der Waals surface area contributed by atoms with E-state index in [1.807, 2.05) is 41.3 Å². The summed E-state index contributed by atoms with van der Waals surface area (Å²) in [5.41, 5.74) is 5.12. The first-order valence-corrected chi connectivity index (χ1v) is 12.4. The quantitative estimate of drug-likeness (QED) is 0.387. The Morgan fingerprint density at radius 1 is 0.974 bits per heavy atom. The van der Waals surface area contributed by atoms with Gasteiger partial charge in [-0.05, 0) is 49.0 Å². The molecule has 0 saturated carbocycles. The highest BCUT2D eigenvalue weighted by Crippen LogP contribution is 2.38. The van der Waals surface area contributed by atoms with Crippen LogP contribution in [0.2, 0.25) is 0 Å². The van der Waals surface area contributed by atoms with Crippen LogP contribution in [0.5, 0.6) is 0 Å². The second kappa shape index (κ2) is 10.9.